The second kappa shape index (κ2) is 7.43. The summed E-state index contributed by atoms with van der Waals surface area (Å²) in [5.74, 6) is 0. The van der Waals surface area contributed by atoms with Crippen LogP contribution in [0, 0.1) is 0 Å². The summed E-state index contributed by atoms with van der Waals surface area (Å²) in [6, 6.07) is 19.6. The molecule has 0 radical (unpaired) electrons. The quantitative estimate of drug-likeness (QED) is 0.407. The van der Waals surface area contributed by atoms with Gasteiger partial charge in [0.1, 0.15) is 12.2 Å². The number of rotatable bonds is 7. The SMILES string of the molecule is C=CC(OO[C@@H](C=C)c1ccccc1)c1ccccc1. The van der Waals surface area contributed by atoms with Gasteiger partial charge in [-0.25, -0.2) is 9.78 Å². The van der Waals surface area contributed by atoms with Crippen molar-refractivity contribution >= 4 is 0 Å². The van der Waals surface area contributed by atoms with Gasteiger partial charge in [0.05, 0.1) is 0 Å². The lowest BCUT2D eigenvalue weighted by molar-refractivity contribution is -0.338. The minimum absolute atomic E-state index is 0.303. The Bertz CT molecular complexity index is 482. The van der Waals surface area contributed by atoms with Gasteiger partial charge in [0, 0.05) is 0 Å². The molecule has 20 heavy (non-hydrogen) atoms. The van der Waals surface area contributed by atoms with E-state index in [9.17, 15) is 0 Å². The van der Waals surface area contributed by atoms with E-state index in [4.69, 9.17) is 9.78 Å². The van der Waals surface area contributed by atoms with Crippen molar-refractivity contribution < 1.29 is 9.78 Å². The summed E-state index contributed by atoms with van der Waals surface area (Å²) < 4.78 is 0. The van der Waals surface area contributed by atoms with Crippen LogP contribution in [0.1, 0.15) is 23.3 Å². The molecule has 1 unspecified atom stereocenters. The van der Waals surface area contributed by atoms with E-state index in [2.05, 4.69) is 13.2 Å². The molecule has 0 aliphatic carbocycles. The standard InChI is InChI=1S/C18H18O2/c1-3-17(15-11-7-5-8-12-15)19-20-18(4-2)16-13-9-6-10-14-16/h3-14,17-18H,1-2H2/t17-,18?/m0/s1. The topological polar surface area (TPSA) is 18.5 Å². The highest BCUT2D eigenvalue weighted by molar-refractivity contribution is 5.21. The zero-order chi connectivity index (χ0) is 14.2. The molecule has 0 aliphatic rings. The fourth-order valence-electron chi connectivity index (χ4n) is 1.87. The van der Waals surface area contributed by atoms with Gasteiger partial charge in [-0.15, -0.1) is 13.2 Å². The predicted octanol–water partition coefficient (Wildman–Crippen LogP) is 4.79. The molecule has 0 amide bonds. The Balaban J connectivity index is 2.02. The molecule has 102 valence electrons. The predicted molar refractivity (Wildman–Crippen MR) is 80.9 cm³/mol. The van der Waals surface area contributed by atoms with Crippen LogP contribution in [0.2, 0.25) is 0 Å². The van der Waals surface area contributed by atoms with Gasteiger partial charge < -0.3 is 0 Å². The summed E-state index contributed by atoms with van der Waals surface area (Å²) in [5.41, 5.74) is 2.00. The summed E-state index contributed by atoms with van der Waals surface area (Å²) in [5, 5.41) is 0. The lowest BCUT2D eigenvalue weighted by Gasteiger charge is -2.18. The molecular weight excluding hydrogens is 248 g/mol. The van der Waals surface area contributed by atoms with E-state index in [-0.39, 0.29) is 12.2 Å². The average Bonchev–Trinajstić information content (AvgIpc) is 2.53. The van der Waals surface area contributed by atoms with Crippen molar-refractivity contribution in [3.63, 3.8) is 0 Å². The van der Waals surface area contributed by atoms with Crippen LogP contribution in [0.3, 0.4) is 0 Å². The molecular formula is C18H18O2. The monoisotopic (exact) mass is 266 g/mol. The van der Waals surface area contributed by atoms with E-state index < -0.39 is 0 Å². The number of hydrogen-bond donors (Lipinski definition) is 0. The summed E-state index contributed by atoms with van der Waals surface area (Å²) >= 11 is 0. The molecule has 2 aromatic rings. The normalized spacial score (nSPS) is 13.4. The Morgan fingerprint density at radius 3 is 1.30 bits per heavy atom. The first-order chi connectivity index (χ1) is 9.85. The Kier molecular flexibility index (Phi) is 5.30. The van der Waals surface area contributed by atoms with E-state index in [1.54, 1.807) is 12.2 Å². The van der Waals surface area contributed by atoms with Gasteiger partial charge in [0.25, 0.3) is 0 Å². The van der Waals surface area contributed by atoms with E-state index in [1.165, 1.54) is 0 Å². The number of benzene rings is 2. The van der Waals surface area contributed by atoms with Crippen LogP contribution in [0.25, 0.3) is 0 Å². The van der Waals surface area contributed by atoms with Gasteiger partial charge in [-0.3, -0.25) is 0 Å². The van der Waals surface area contributed by atoms with Gasteiger partial charge >= 0.3 is 0 Å². The van der Waals surface area contributed by atoms with Crippen LogP contribution in [-0.4, -0.2) is 0 Å². The van der Waals surface area contributed by atoms with Crippen molar-refractivity contribution in [1.29, 1.82) is 0 Å². The molecule has 0 aliphatic heterocycles. The third-order valence-electron chi connectivity index (χ3n) is 2.95. The van der Waals surface area contributed by atoms with E-state index in [0.717, 1.165) is 11.1 Å². The van der Waals surface area contributed by atoms with Crippen molar-refractivity contribution in [2.75, 3.05) is 0 Å². The van der Waals surface area contributed by atoms with Crippen LogP contribution in [0.15, 0.2) is 86.0 Å². The first kappa shape index (κ1) is 14.3. The average molecular weight is 266 g/mol. The maximum Gasteiger partial charge on any atom is 0.136 e. The largest absolute Gasteiger partial charge is 0.223 e. The highest BCUT2D eigenvalue weighted by atomic mass is 17.2. The Morgan fingerprint density at radius 1 is 0.650 bits per heavy atom. The Morgan fingerprint density at radius 2 is 1.00 bits per heavy atom. The van der Waals surface area contributed by atoms with Crippen LogP contribution >= 0.6 is 0 Å². The first-order valence-corrected chi connectivity index (χ1v) is 6.52. The summed E-state index contributed by atoms with van der Waals surface area (Å²) in [7, 11) is 0. The molecule has 2 aromatic carbocycles. The molecule has 2 rings (SSSR count). The molecule has 0 aromatic heterocycles. The van der Waals surface area contributed by atoms with Crippen molar-refractivity contribution in [2.45, 2.75) is 12.2 Å². The molecule has 0 spiro atoms. The van der Waals surface area contributed by atoms with Crippen LogP contribution in [-0.2, 0) is 9.78 Å². The lowest BCUT2D eigenvalue weighted by atomic mass is 10.1. The molecule has 0 saturated carbocycles. The second-order valence-electron chi connectivity index (χ2n) is 4.33. The molecule has 2 atom stereocenters. The van der Waals surface area contributed by atoms with Crippen molar-refractivity contribution in [2.24, 2.45) is 0 Å². The molecule has 0 heterocycles. The third-order valence-corrected chi connectivity index (χ3v) is 2.95. The molecule has 0 saturated heterocycles. The van der Waals surface area contributed by atoms with Crippen LogP contribution in [0.4, 0.5) is 0 Å². The zero-order valence-corrected chi connectivity index (χ0v) is 11.3. The first-order valence-electron chi connectivity index (χ1n) is 6.52. The maximum absolute atomic E-state index is 5.50. The zero-order valence-electron chi connectivity index (χ0n) is 11.3. The highest BCUT2D eigenvalue weighted by Gasteiger charge is 2.13. The van der Waals surface area contributed by atoms with Gasteiger partial charge in [-0.05, 0) is 11.1 Å². The Hall–Kier alpha value is -2.16. The maximum atomic E-state index is 5.50. The molecule has 0 N–H and O–H groups in total. The van der Waals surface area contributed by atoms with Crippen molar-refractivity contribution in [3.8, 4) is 0 Å². The fourth-order valence-corrected chi connectivity index (χ4v) is 1.87. The van der Waals surface area contributed by atoms with Crippen LogP contribution < -0.4 is 0 Å². The van der Waals surface area contributed by atoms with Gasteiger partial charge in [0.2, 0.25) is 0 Å². The van der Waals surface area contributed by atoms with E-state index in [1.807, 2.05) is 60.7 Å². The Labute approximate surface area is 119 Å². The van der Waals surface area contributed by atoms with Gasteiger partial charge in [-0.2, -0.15) is 0 Å². The smallest absolute Gasteiger partial charge is 0.136 e. The molecule has 0 bridgehead atoms. The summed E-state index contributed by atoms with van der Waals surface area (Å²) in [6.07, 6.45) is 2.81. The van der Waals surface area contributed by atoms with Crippen molar-refractivity contribution in [3.05, 3.63) is 97.1 Å². The highest BCUT2D eigenvalue weighted by Crippen LogP contribution is 2.24. The second-order valence-corrected chi connectivity index (χ2v) is 4.33. The lowest BCUT2D eigenvalue weighted by Crippen LogP contribution is -2.06. The summed E-state index contributed by atoms with van der Waals surface area (Å²) in [6.45, 7) is 7.57. The van der Waals surface area contributed by atoms with Gasteiger partial charge in [-0.1, -0.05) is 72.8 Å². The molecule has 2 nitrogen and oxygen atoms in total. The van der Waals surface area contributed by atoms with E-state index >= 15 is 0 Å². The fraction of sp³-hybridized carbons (Fsp3) is 0.111. The molecule has 0 fully saturated rings. The third kappa shape index (κ3) is 3.67. The molecule has 2 heteroatoms. The van der Waals surface area contributed by atoms with E-state index in [0.29, 0.717) is 0 Å². The summed E-state index contributed by atoms with van der Waals surface area (Å²) in [4.78, 5) is 11.0. The number of hydrogen-bond acceptors (Lipinski definition) is 2. The minimum Gasteiger partial charge on any atom is -0.223 e. The van der Waals surface area contributed by atoms with Crippen LogP contribution in [0.5, 0.6) is 0 Å². The van der Waals surface area contributed by atoms with Crippen molar-refractivity contribution in [1.82, 2.24) is 0 Å². The van der Waals surface area contributed by atoms with Gasteiger partial charge in [0.15, 0.2) is 0 Å². The minimum atomic E-state index is -0.303.